The van der Waals surface area contributed by atoms with Gasteiger partial charge < -0.3 is 0 Å². The van der Waals surface area contributed by atoms with E-state index < -0.39 is 0 Å². The molecule has 16 heavy (non-hydrogen) atoms. The highest BCUT2D eigenvalue weighted by Gasteiger charge is 2.08. The second kappa shape index (κ2) is 5.45. The second-order valence-electron chi connectivity index (χ2n) is 3.91. The van der Waals surface area contributed by atoms with E-state index in [4.69, 9.17) is 0 Å². The van der Waals surface area contributed by atoms with Gasteiger partial charge in [0.2, 0.25) is 0 Å². The summed E-state index contributed by atoms with van der Waals surface area (Å²) in [4.78, 5) is 11.6. The molecule has 84 valence electrons. The summed E-state index contributed by atoms with van der Waals surface area (Å²) in [5.74, 6) is 0.110. The minimum Gasteiger partial charge on any atom is -0.295 e. The number of rotatable bonds is 3. The van der Waals surface area contributed by atoms with Gasteiger partial charge in [0.25, 0.3) is 0 Å². The molecule has 0 spiro atoms. The molecule has 0 bridgehead atoms. The van der Waals surface area contributed by atoms with Crippen molar-refractivity contribution in [3.63, 3.8) is 0 Å². The number of carbonyl (C=O) groups is 1. The summed E-state index contributed by atoms with van der Waals surface area (Å²) in [7, 11) is 0. The number of hydrogen-bond acceptors (Lipinski definition) is 1. The van der Waals surface area contributed by atoms with Crippen molar-refractivity contribution in [1.29, 1.82) is 0 Å². The highest BCUT2D eigenvalue weighted by atomic mass is 16.1. The van der Waals surface area contributed by atoms with Crippen molar-refractivity contribution in [1.82, 2.24) is 0 Å². The highest BCUT2D eigenvalue weighted by Crippen LogP contribution is 2.22. The minimum atomic E-state index is 0.110. The normalized spacial score (nSPS) is 12.8. The van der Waals surface area contributed by atoms with Gasteiger partial charge in [0, 0.05) is 5.57 Å². The molecule has 1 aromatic carbocycles. The maximum atomic E-state index is 11.6. The van der Waals surface area contributed by atoms with Crippen molar-refractivity contribution in [2.75, 3.05) is 0 Å². The Hall–Kier alpha value is -1.63. The van der Waals surface area contributed by atoms with Crippen LogP contribution in [0, 0.1) is 6.92 Å². The molecular formula is C15H18O. The molecule has 0 aromatic heterocycles. The van der Waals surface area contributed by atoms with Gasteiger partial charge in [0.1, 0.15) is 0 Å². The quantitative estimate of drug-likeness (QED) is 0.550. The lowest BCUT2D eigenvalue weighted by Gasteiger charge is -2.09. The number of Topliss-reactive ketones (excluding diaryl/α,β-unsaturated/α-hetero) is 1. The number of allylic oxidation sites excluding steroid dienone is 4. The molecule has 1 nitrogen and oxygen atoms in total. The maximum absolute atomic E-state index is 11.6. The fourth-order valence-electron chi connectivity index (χ4n) is 1.81. The van der Waals surface area contributed by atoms with Crippen molar-refractivity contribution in [2.24, 2.45) is 0 Å². The Morgan fingerprint density at radius 1 is 1.19 bits per heavy atom. The van der Waals surface area contributed by atoms with Crippen LogP contribution in [0.3, 0.4) is 0 Å². The van der Waals surface area contributed by atoms with E-state index in [1.165, 1.54) is 5.56 Å². The van der Waals surface area contributed by atoms with Gasteiger partial charge in [-0.2, -0.15) is 0 Å². The first kappa shape index (κ1) is 12.4. The summed E-state index contributed by atoms with van der Waals surface area (Å²) < 4.78 is 0. The molecule has 0 unspecified atom stereocenters. The first-order valence-corrected chi connectivity index (χ1v) is 5.48. The number of ketones is 1. The number of benzene rings is 1. The molecule has 0 aliphatic heterocycles. The van der Waals surface area contributed by atoms with Crippen molar-refractivity contribution < 1.29 is 4.79 Å². The Labute approximate surface area is 97.5 Å². The number of carbonyl (C=O) groups excluding carboxylic acids is 1. The van der Waals surface area contributed by atoms with E-state index in [0.29, 0.717) is 0 Å². The van der Waals surface area contributed by atoms with E-state index >= 15 is 0 Å². The van der Waals surface area contributed by atoms with Crippen molar-refractivity contribution in [3.8, 4) is 0 Å². The van der Waals surface area contributed by atoms with Gasteiger partial charge in [0.15, 0.2) is 5.78 Å². The number of hydrogen-bond donors (Lipinski definition) is 0. The zero-order valence-corrected chi connectivity index (χ0v) is 10.4. The molecule has 0 aliphatic rings. The monoisotopic (exact) mass is 214 g/mol. The third-order valence-corrected chi connectivity index (χ3v) is 2.67. The Morgan fingerprint density at radius 3 is 2.31 bits per heavy atom. The third kappa shape index (κ3) is 2.69. The molecule has 0 fully saturated rings. The van der Waals surface area contributed by atoms with E-state index in [-0.39, 0.29) is 5.78 Å². The second-order valence-corrected chi connectivity index (χ2v) is 3.91. The molecule has 1 rings (SSSR count). The predicted molar refractivity (Wildman–Crippen MR) is 69.3 cm³/mol. The smallest absolute Gasteiger partial charge is 0.160 e. The third-order valence-electron chi connectivity index (χ3n) is 2.67. The van der Waals surface area contributed by atoms with E-state index in [0.717, 1.165) is 16.7 Å². The number of aryl methyl sites for hydroxylation is 1. The van der Waals surface area contributed by atoms with E-state index in [9.17, 15) is 4.79 Å². The van der Waals surface area contributed by atoms with E-state index in [2.05, 4.69) is 19.1 Å². The average molecular weight is 214 g/mol. The van der Waals surface area contributed by atoms with Crippen molar-refractivity contribution in [2.45, 2.75) is 27.7 Å². The Balaban J connectivity index is 3.35. The summed E-state index contributed by atoms with van der Waals surface area (Å²) in [6, 6.07) is 8.12. The molecular weight excluding hydrogens is 196 g/mol. The van der Waals surface area contributed by atoms with Crippen LogP contribution >= 0.6 is 0 Å². The highest BCUT2D eigenvalue weighted by molar-refractivity contribution is 6.03. The Kier molecular flexibility index (Phi) is 4.24. The molecule has 1 heteroatoms. The van der Waals surface area contributed by atoms with Gasteiger partial charge in [-0.3, -0.25) is 4.79 Å². The molecule has 0 heterocycles. The predicted octanol–water partition coefficient (Wildman–Crippen LogP) is 3.93. The van der Waals surface area contributed by atoms with Crippen LogP contribution in [-0.2, 0) is 4.79 Å². The molecule has 0 saturated carbocycles. The summed E-state index contributed by atoms with van der Waals surface area (Å²) in [6.45, 7) is 7.59. The fraction of sp³-hybridized carbons (Fsp3) is 0.267. The lowest BCUT2D eigenvalue weighted by Crippen LogP contribution is -1.98. The van der Waals surface area contributed by atoms with Crippen LogP contribution in [-0.4, -0.2) is 5.78 Å². The molecule has 0 saturated heterocycles. The zero-order chi connectivity index (χ0) is 12.1. The molecule has 1 aromatic rings. The minimum absolute atomic E-state index is 0.110. The van der Waals surface area contributed by atoms with Crippen LogP contribution in [0.15, 0.2) is 42.0 Å². The van der Waals surface area contributed by atoms with Crippen LogP contribution < -0.4 is 0 Å². The molecule has 0 atom stereocenters. The van der Waals surface area contributed by atoms with Crippen LogP contribution in [0.5, 0.6) is 0 Å². The summed E-state index contributed by atoms with van der Waals surface area (Å²) in [5.41, 5.74) is 4.18. The summed E-state index contributed by atoms with van der Waals surface area (Å²) in [5, 5.41) is 0. The van der Waals surface area contributed by atoms with Gasteiger partial charge in [-0.25, -0.2) is 0 Å². The van der Waals surface area contributed by atoms with Crippen LogP contribution in [0.2, 0.25) is 0 Å². The SMILES string of the molecule is C/C=C\C(C(C)=O)=C(/C)c1ccccc1C. The standard InChI is InChI=1S/C15H18O/c1-5-8-15(13(4)16)12(3)14-10-7-6-9-11(14)2/h5-10H,1-4H3/b8-5-,15-12-. The summed E-state index contributed by atoms with van der Waals surface area (Å²) >= 11 is 0. The van der Waals surface area contributed by atoms with E-state index in [1.807, 2.05) is 38.1 Å². The Bertz CT molecular complexity index is 450. The van der Waals surface area contributed by atoms with Crippen LogP contribution in [0.25, 0.3) is 5.57 Å². The van der Waals surface area contributed by atoms with Gasteiger partial charge in [-0.15, -0.1) is 0 Å². The molecule has 0 aliphatic carbocycles. The van der Waals surface area contributed by atoms with Gasteiger partial charge in [0.05, 0.1) is 0 Å². The van der Waals surface area contributed by atoms with Crippen molar-refractivity contribution >= 4 is 11.4 Å². The zero-order valence-electron chi connectivity index (χ0n) is 10.4. The lowest BCUT2D eigenvalue weighted by atomic mass is 9.95. The van der Waals surface area contributed by atoms with Crippen LogP contribution in [0.4, 0.5) is 0 Å². The van der Waals surface area contributed by atoms with Crippen molar-refractivity contribution in [3.05, 3.63) is 53.1 Å². The topological polar surface area (TPSA) is 17.1 Å². The Morgan fingerprint density at radius 2 is 1.81 bits per heavy atom. The first-order valence-electron chi connectivity index (χ1n) is 5.48. The maximum Gasteiger partial charge on any atom is 0.160 e. The molecule has 0 radical (unpaired) electrons. The molecule has 0 amide bonds. The summed E-state index contributed by atoms with van der Waals surface area (Å²) in [6.07, 6.45) is 3.78. The largest absolute Gasteiger partial charge is 0.295 e. The fourth-order valence-corrected chi connectivity index (χ4v) is 1.81. The van der Waals surface area contributed by atoms with E-state index in [1.54, 1.807) is 6.92 Å². The molecule has 0 N–H and O–H groups in total. The van der Waals surface area contributed by atoms with Gasteiger partial charge in [-0.1, -0.05) is 36.4 Å². The van der Waals surface area contributed by atoms with Crippen LogP contribution in [0.1, 0.15) is 31.9 Å². The van der Waals surface area contributed by atoms with Gasteiger partial charge in [-0.05, 0) is 44.4 Å². The first-order chi connectivity index (χ1) is 7.57. The average Bonchev–Trinajstić information content (AvgIpc) is 2.25. The lowest BCUT2D eigenvalue weighted by molar-refractivity contribution is -0.113. The van der Waals surface area contributed by atoms with Gasteiger partial charge >= 0.3 is 0 Å².